The lowest BCUT2D eigenvalue weighted by Gasteiger charge is -2.24. The molecular formula is C6H10O4. The van der Waals surface area contributed by atoms with E-state index in [0.717, 1.165) is 0 Å². The molecule has 1 saturated carbocycles. The predicted molar refractivity (Wildman–Crippen MR) is 31.3 cm³/mol. The molecule has 0 aromatic heterocycles. The van der Waals surface area contributed by atoms with E-state index in [1.54, 1.807) is 0 Å². The fourth-order valence-electron chi connectivity index (χ4n) is 1.45. The molecule has 4 heteroatoms. The number of hydrogen-bond acceptors (Lipinski definition) is 4. The van der Waals surface area contributed by atoms with E-state index >= 15 is 0 Å². The van der Waals surface area contributed by atoms with Crippen molar-refractivity contribution in [2.24, 2.45) is 0 Å². The summed E-state index contributed by atoms with van der Waals surface area (Å²) in [6.07, 6.45) is -2.54. The average Bonchev–Trinajstić information content (AvgIpc) is 2.62. The van der Waals surface area contributed by atoms with Crippen LogP contribution in [0.2, 0.25) is 0 Å². The van der Waals surface area contributed by atoms with Gasteiger partial charge in [-0.2, -0.15) is 0 Å². The Morgan fingerprint density at radius 3 is 2.50 bits per heavy atom. The van der Waals surface area contributed by atoms with E-state index in [1.165, 1.54) is 0 Å². The molecule has 2 rings (SSSR count). The molecule has 1 saturated heterocycles. The first-order valence-electron chi connectivity index (χ1n) is 3.40. The van der Waals surface area contributed by atoms with Gasteiger partial charge in [-0.05, 0) is 0 Å². The number of aliphatic hydroxyl groups is 3. The summed E-state index contributed by atoms with van der Waals surface area (Å²) in [4.78, 5) is 0. The molecule has 2 unspecified atom stereocenters. The minimum Gasteiger partial charge on any atom is -0.390 e. The van der Waals surface area contributed by atoms with Crippen molar-refractivity contribution >= 4 is 0 Å². The molecule has 1 heterocycles. The van der Waals surface area contributed by atoms with Gasteiger partial charge < -0.3 is 20.1 Å². The molecule has 0 amide bonds. The first-order valence-corrected chi connectivity index (χ1v) is 3.40. The summed E-state index contributed by atoms with van der Waals surface area (Å²) >= 11 is 0. The van der Waals surface area contributed by atoms with Crippen molar-refractivity contribution in [1.29, 1.82) is 0 Å². The first kappa shape index (κ1) is 6.54. The van der Waals surface area contributed by atoms with Crippen LogP contribution in [0.3, 0.4) is 0 Å². The molecule has 2 fully saturated rings. The third-order valence-corrected chi connectivity index (χ3v) is 2.18. The highest BCUT2D eigenvalue weighted by molar-refractivity contribution is 5.02. The summed E-state index contributed by atoms with van der Waals surface area (Å²) in [6, 6.07) is 0. The van der Waals surface area contributed by atoms with Crippen molar-refractivity contribution < 1.29 is 20.1 Å². The largest absolute Gasteiger partial charge is 0.390 e. The van der Waals surface area contributed by atoms with E-state index in [0.29, 0.717) is 6.42 Å². The molecule has 58 valence electrons. The average molecular weight is 146 g/mol. The van der Waals surface area contributed by atoms with Gasteiger partial charge in [0.1, 0.15) is 18.3 Å². The molecule has 0 aromatic carbocycles. The van der Waals surface area contributed by atoms with Crippen molar-refractivity contribution in [3.05, 3.63) is 0 Å². The molecule has 0 radical (unpaired) electrons. The van der Waals surface area contributed by atoms with Gasteiger partial charge in [-0.3, -0.25) is 0 Å². The number of fused-ring (bicyclic) bond motifs is 1. The van der Waals surface area contributed by atoms with Crippen LogP contribution < -0.4 is 0 Å². The first-order chi connectivity index (χ1) is 4.70. The van der Waals surface area contributed by atoms with E-state index in [9.17, 15) is 0 Å². The van der Waals surface area contributed by atoms with Crippen LogP contribution in [0.15, 0.2) is 0 Å². The zero-order valence-corrected chi connectivity index (χ0v) is 5.34. The number of epoxide rings is 1. The van der Waals surface area contributed by atoms with Crippen molar-refractivity contribution in [2.75, 3.05) is 0 Å². The van der Waals surface area contributed by atoms with Crippen LogP contribution in [0.25, 0.3) is 0 Å². The topological polar surface area (TPSA) is 73.2 Å². The molecule has 4 nitrogen and oxygen atoms in total. The standard InChI is InChI=1S/C6H10O4/c7-2-1-3-6(10-3)5(9)4(2)8/h2-9H,1H2/t2-,3?,4+,5+,6?/m1/s1. The minimum absolute atomic E-state index is 0.0200. The van der Waals surface area contributed by atoms with Crippen LogP contribution in [0, 0.1) is 0 Å². The van der Waals surface area contributed by atoms with Crippen molar-refractivity contribution in [1.82, 2.24) is 0 Å². The van der Waals surface area contributed by atoms with Gasteiger partial charge in [-0.15, -0.1) is 0 Å². The van der Waals surface area contributed by atoms with E-state index in [1.807, 2.05) is 0 Å². The van der Waals surface area contributed by atoms with Crippen LogP contribution in [-0.2, 0) is 4.74 Å². The lowest BCUT2D eigenvalue weighted by molar-refractivity contribution is -0.0759. The summed E-state index contributed by atoms with van der Waals surface area (Å²) < 4.78 is 4.96. The maximum absolute atomic E-state index is 9.12. The zero-order valence-electron chi connectivity index (χ0n) is 5.34. The molecule has 10 heavy (non-hydrogen) atoms. The highest BCUT2D eigenvalue weighted by atomic mass is 16.6. The fraction of sp³-hybridized carbons (Fsp3) is 1.00. The summed E-state index contributed by atoms with van der Waals surface area (Å²) in [6.45, 7) is 0. The molecule has 0 spiro atoms. The quantitative estimate of drug-likeness (QED) is 0.354. The van der Waals surface area contributed by atoms with Gasteiger partial charge in [0.25, 0.3) is 0 Å². The van der Waals surface area contributed by atoms with Gasteiger partial charge >= 0.3 is 0 Å². The molecular weight excluding hydrogens is 136 g/mol. The van der Waals surface area contributed by atoms with Crippen LogP contribution in [0.5, 0.6) is 0 Å². The molecule has 5 atom stereocenters. The SMILES string of the molecule is O[C@H]1[C@H](O)CC2OC2[C@H]1O. The Morgan fingerprint density at radius 2 is 1.80 bits per heavy atom. The molecule has 1 aliphatic heterocycles. The van der Waals surface area contributed by atoms with E-state index < -0.39 is 18.3 Å². The Balaban J connectivity index is 2.07. The Kier molecular flexibility index (Phi) is 1.25. The van der Waals surface area contributed by atoms with Gasteiger partial charge in [0.05, 0.1) is 12.2 Å². The Bertz CT molecular complexity index is 147. The van der Waals surface area contributed by atoms with Crippen LogP contribution in [-0.4, -0.2) is 45.8 Å². The van der Waals surface area contributed by atoms with Gasteiger partial charge in [-0.25, -0.2) is 0 Å². The normalized spacial score (nSPS) is 59.7. The number of aliphatic hydroxyl groups excluding tert-OH is 3. The summed E-state index contributed by atoms with van der Waals surface area (Å²) in [5.41, 5.74) is 0. The molecule has 2 aliphatic rings. The molecule has 1 aliphatic carbocycles. The van der Waals surface area contributed by atoms with Gasteiger partial charge in [-0.1, -0.05) is 0 Å². The van der Waals surface area contributed by atoms with Gasteiger partial charge in [0, 0.05) is 6.42 Å². The van der Waals surface area contributed by atoms with Crippen molar-refractivity contribution in [3.63, 3.8) is 0 Å². The molecule has 0 aromatic rings. The summed E-state index contributed by atoms with van der Waals surface area (Å²) in [5.74, 6) is 0. The number of hydrogen-bond donors (Lipinski definition) is 3. The number of ether oxygens (including phenoxy) is 1. The van der Waals surface area contributed by atoms with Crippen LogP contribution in [0.4, 0.5) is 0 Å². The number of rotatable bonds is 0. The second-order valence-electron chi connectivity index (χ2n) is 2.92. The monoisotopic (exact) mass is 146 g/mol. The van der Waals surface area contributed by atoms with Crippen molar-refractivity contribution in [2.45, 2.75) is 36.9 Å². The highest BCUT2D eigenvalue weighted by Gasteiger charge is 2.54. The van der Waals surface area contributed by atoms with E-state index in [4.69, 9.17) is 20.1 Å². The maximum atomic E-state index is 9.12. The van der Waals surface area contributed by atoms with E-state index in [-0.39, 0.29) is 12.2 Å². The highest BCUT2D eigenvalue weighted by Crippen LogP contribution is 2.36. The Hall–Kier alpha value is -0.160. The van der Waals surface area contributed by atoms with Crippen molar-refractivity contribution in [3.8, 4) is 0 Å². The third-order valence-electron chi connectivity index (χ3n) is 2.18. The maximum Gasteiger partial charge on any atom is 0.113 e. The minimum atomic E-state index is -1.02. The fourth-order valence-corrected chi connectivity index (χ4v) is 1.45. The second-order valence-corrected chi connectivity index (χ2v) is 2.92. The third kappa shape index (κ3) is 0.769. The van der Waals surface area contributed by atoms with E-state index in [2.05, 4.69) is 0 Å². The summed E-state index contributed by atoms with van der Waals surface area (Å²) in [7, 11) is 0. The van der Waals surface area contributed by atoms with Gasteiger partial charge in [0.2, 0.25) is 0 Å². The lowest BCUT2D eigenvalue weighted by atomic mass is 9.92. The van der Waals surface area contributed by atoms with Crippen LogP contribution in [0.1, 0.15) is 6.42 Å². The zero-order chi connectivity index (χ0) is 7.30. The summed E-state index contributed by atoms with van der Waals surface area (Å²) in [5, 5.41) is 27.2. The lowest BCUT2D eigenvalue weighted by Crippen LogP contribution is -2.45. The molecule has 0 bridgehead atoms. The molecule has 3 N–H and O–H groups in total. The van der Waals surface area contributed by atoms with Crippen LogP contribution >= 0.6 is 0 Å². The second kappa shape index (κ2) is 1.92. The Labute approximate surface area is 58.0 Å². The smallest absolute Gasteiger partial charge is 0.113 e. The predicted octanol–water partition coefficient (Wildman–Crippen LogP) is -1.76. The Morgan fingerprint density at radius 1 is 1.10 bits per heavy atom. The van der Waals surface area contributed by atoms with Gasteiger partial charge in [0.15, 0.2) is 0 Å².